The predicted molar refractivity (Wildman–Crippen MR) is 131 cm³/mol. The molecule has 1 unspecified atom stereocenters. The summed E-state index contributed by atoms with van der Waals surface area (Å²) in [6.07, 6.45) is 0.0712. The molecule has 0 bridgehead atoms. The maximum atomic E-state index is 14.7. The summed E-state index contributed by atoms with van der Waals surface area (Å²) in [6.45, 7) is 5.55. The van der Waals surface area contributed by atoms with Crippen molar-refractivity contribution in [3.05, 3.63) is 82.4 Å². The van der Waals surface area contributed by atoms with Gasteiger partial charge in [0.25, 0.3) is 0 Å². The molecule has 9 heteroatoms. The van der Waals surface area contributed by atoms with E-state index in [0.29, 0.717) is 16.3 Å². The van der Waals surface area contributed by atoms with Gasteiger partial charge in [-0.3, -0.25) is 0 Å². The zero-order chi connectivity index (χ0) is 24.5. The van der Waals surface area contributed by atoms with E-state index in [9.17, 15) is 14.2 Å². The van der Waals surface area contributed by atoms with E-state index in [-0.39, 0.29) is 17.8 Å². The SMILES string of the molecule is CC(C)(C)[S+]([O-])N[C@@H](Cc1nc(C#N)ccc1F)c1ccccc1-c1noc2cc(Cl)ccc12. The van der Waals surface area contributed by atoms with Gasteiger partial charge in [0.1, 0.15) is 28.0 Å². The molecular weight excluding hydrogens is 475 g/mol. The standard InChI is InChI=1S/C25H22ClFN4O2S/c1-25(2,3)34(32)31-21(13-22-20(27)11-9-16(14-28)29-22)17-6-4-5-7-18(17)24-19-10-8-15(26)12-23(19)33-30-24/h4-12,21,31H,13H2,1-3H3/t21-,34?/m0/s1. The van der Waals surface area contributed by atoms with Crippen LogP contribution in [0.3, 0.4) is 0 Å². The van der Waals surface area contributed by atoms with Crippen molar-refractivity contribution in [2.45, 2.75) is 38.0 Å². The number of hydrogen-bond acceptors (Lipinski definition) is 6. The van der Waals surface area contributed by atoms with Crippen LogP contribution in [0.5, 0.6) is 0 Å². The van der Waals surface area contributed by atoms with E-state index >= 15 is 0 Å². The largest absolute Gasteiger partial charge is 0.598 e. The first-order chi connectivity index (χ1) is 16.2. The maximum Gasteiger partial charge on any atom is 0.169 e. The highest BCUT2D eigenvalue weighted by Gasteiger charge is 2.32. The van der Waals surface area contributed by atoms with Gasteiger partial charge in [-0.05, 0) is 50.6 Å². The summed E-state index contributed by atoms with van der Waals surface area (Å²) in [6, 6.07) is 16.6. The minimum absolute atomic E-state index is 0.0712. The Morgan fingerprint density at radius 2 is 1.97 bits per heavy atom. The lowest BCUT2D eigenvalue weighted by Gasteiger charge is -2.29. The topological polar surface area (TPSA) is 97.8 Å². The van der Waals surface area contributed by atoms with E-state index in [2.05, 4.69) is 14.9 Å². The number of hydrogen-bond donors (Lipinski definition) is 1. The lowest BCUT2D eigenvalue weighted by atomic mass is 9.94. The average Bonchev–Trinajstić information content (AvgIpc) is 3.22. The van der Waals surface area contributed by atoms with Gasteiger partial charge in [-0.2, -0.15) is 5.26 Å². The van der Waals surface area contributed by atoms with Crippen LogP contribution in [0.4, 0.5) is 4.39 Å². The molecular formula is C25H22ClFN4O2S. The minimum Gasteiger partial charge on any atom is -0.598 e. The van der Waals surface area contributed by atoms with Gasteiger partial charge in [0.05, 0.1) is 11.7 Å². The van der Waals surface area contributed by atoms with Crippen LogP contribution in [0.25, 0.3) is 22.2 Å². The van der Waals surface area contributed by atoms with Crippen molar-refractivity contribution >= 4 is 33.9 Å². The van der Waals surface area contributed by atoms with E-state index in [4.69, 9.17) is 16.1 Å². The molecule has 0 saturated heterocycles. The van der Waals surface area contributed by atoms with E-state index in [1.165, 1.54) is 12.1 Å². The fourth-order valence-corrected chi connectivity index (χ4v) is 4.51. The van der Waals surface area contributed by atoms with Gasteiger partial charge in [-0.1, -0.05) is 41.0 Å². The summed E-state index contributed by atoms with van der Waals surface area (Å²) >= 11 is 4.62. The van der Waals surface area contributed by atoms with Crippen LogP contribution in [0.15, 0.2) is 59.1 Å². The Hall–Kier alpha value is -2.96. The zero-order valence-electron chi connectivity index (χ0n) is 18.8. The van der Waals surface area contributed by atoms with Crippen LogP contribution in [0.1, 0.15) is 43.8 Å². The molecule has 2 heterocycles. The lowest BCUT2D eigenvalue weighted by Crippen LogP contribution is -2.42. The Balaban J connectivity index is 1.83. The van der Waals surface area contributed by atoms with Crippen LogP contribution in [-0.2, 0) is 17.8 Å². The molecule has 4 rings (SSSR count). The molecule has 2 aromatic carbocycles. The van der Waals surface area contributed by atoms with Gasteiger partial charge in [-0.25, -0.2) is 9.37 Å². The van der Waals surface area contributed by atoms with Crippen molar-refractivity contribution in [3.8, 4) is 17.3 Å². The van der Waals surface area contributed by atoms with Gasteiger partial charge >= 0.3 is 0 Å². The molecule has 0 aliphatic rings. The molecule has 0 saturated carbocycles. The molecule has 0 fully saturated rings. The van der Waals surface area contributed by atoms with E-state index < -0.39 is 28.0 Å². The first-order valence-electron chi connectivity index (χ1n) is 10.5. The second-order valence-corrected chi connectivity index (χ2v) is 11.2. The number of pyridine rings is 1. The third kappa shape index (κ3) is 5.08. The number of rotatable bonds is 6. The Labute approximate surface area is 205 Å². The van der Waals surface area contributed by atoms with Gasteiger partial charge in [0, 0.05) is 39.8 Å². The normalized spacial score (nSPS) is 13.6. The molecule has 34 heavy (non-hydrogen) atoms. The van der Waals surface area contributed by atoms with Gasteiger partial charge < -0.3 is 9.08 Å². The van der Waals surface area contributed by atoms with Crippen LogP contribution in [-0.4, -0.2) is 19.4 Å². The number of aromatic nitrogens is 2. The van der Waals surface area contributed by atoms with Crippen molar-refractivity contribution < 1.29 is 13.5 Å². The summed E-state index contributed by atoms with van der Waals surface area (Å²) in [5, 5.41) is 14.8. The summed E-state index contributed by atoms with van der Waals surface area (Å²) < 4.78 is 35.8. The van der Waals surface area contributed by atoms with Crippen LogP contribution < -0.4 is 4.72 Å². The highest BCUT2D eigenvalue weighted by molar-refractivity contribution is 7.90. The summed E-state index contributed by atoms with van der Waals surface area (Å²) in [5.41, 5.74) is 2.83. The molecule has 2 atom stereocenters. The molecule has 0 radical (unpaired) electrons. The average molecular weight is 497 g/mol. The third-order valence-corrected chi connectivity index (χ3v) is 7.11. The fraction of sp³-hybridized carbons (Fsp3) is 0.240. The Morgan fingerprint density at radius 3 is 2.71 bits per heavy atom. The lowest BCUT2D eigenvalue weighted by molar-refractivity contribution is 0.459. The highest BCUT2D eigenvalue weighted by Crippen LogP contribution is 2.36. The van der Waals surface area contributed by atoms with Gasteiger partial charge in [-0.15, -0.1) is 4.72 Å². The first kappa shape index (κ1) is 24.2. The summed E-state index contributed by atoms with van der Waals surface area (Å²) in [5.74, 6) is -0.536. The van der Waals surface area contributed by atoms with Gasteiger partial charge in [0.15, 0.2) is 5.58 Å². The number of nitrogens with one attached hydrogen (secondary N) is 1. The second kappa shape index (κ2) is 9.72. The third-order valence-electron chi connectivity index (χ3n) is 5.26. The number of nitriles is 1. The monoisotopic (exact) mass is 496 g/mol. The summed E-state index contributed by atoms with van der Waals surface area (Å²) in [7, 11) is 0. The van der Waals surface area contributed by atoms with Gasteiger partial charge in [0.2, 0.25) is 0 Å². The molecule has 0 amide bonds. The fourth-order valence-electron chi connectivity index (χ4n) is 3.53. The van der Waals surface area contributed by atoms with Crippen molar-refractivity contribution in [1.29, 1.82) is 5.26 Å². The quantitative estimate of drug-likeness (QED) is 0.334. The molecule has 0 aliphatic carbocycles. The molecule has 4 aromatic rings. The molecule has 174 valence electrons. The van der Waals surface area contributed by atoms with Crippen molar-refractivity contribution in [3.63, 3.8) is 0 Å². The molecule has 1 N–H and O–H groups in total. The van der Waals surface area contributed by atoms with E-state index in [0.717, 1.165) is 16.5 Å². The number of halogens is 2. The molecule has 2 aromatic heterocycles. The highest BCUT2D eigenvalue weighted by atomic mass is 35.5. The smallest absolute Gasteiger partial charge is 0.169 e. The number of nitrogens with zero attached hydrogens (tertiary/aromatic N) is 3. The Kier molecular flexibility index (Phi) is 6.91. The van der Waals surface area contributed by atoms with Crippen molar-refractivity contribution in [2.24, 2.45) is 0 Å². The first-order valence-corrected chi connectivity index (χ1v) is 12.1. The van der Waals surface area contributed by atoms with Crippen LogP contribution in [0, 0.1) is 17.1 Å². The van der Waals surface area contributed by atoms with Crippen LogP contribution in [0.2, 0.25) is 5.02 Å². The van der Waals surface area contributed by atoms with Crippen LogP contribution >= 0.6 is 11.6 Å². The van der Waals surface area contributed by atoms with Crippen molar-refractivity contribution in [1.82, 2.24) is 14.9 Å². The minimum atomic E-state index is -1.47. The predicted octanol–water partition coefficient (Wildman–Crippen LogP) is 5.89. The Morgan fingerprint density at radius 1 is 1.21 bits per heavy atom. The Bertz CT molecular complexity index is 1380. The second-order valence-electron chi connectivity index (χ2n) is 8.75. The van der Waals surface area contributed by atoms with E-state index in [1.807, 2.05) is 57.2 Å². The number of fused-ring (bicyclic) bond motifs is 1. The summed E-state index contributed by atoms with van der Waals surface area (Å²) in [4.78, 5) is 4.15. The molecule has 6 nitrogen and oxygen atoms in total. The molecule has 0 aliphatic heterocycles. The number of benzene rings is 2. The zero-order valence-corrected chi connectivity index (χ0v) is 20.4. The maximum absolute atomic E-state index is 14.7. The molecule has 0 spiro atoms. The van der Waals surface area contributed by atoms with Crippen molar-refractivity contribution in [2.75, 3.05) is 0 Å². The van der Waals surface area contributed by atoms with E-state index in [1.54, 1.807) is 12.1 Å².